The van der Waals surface area contributed by atoms with Crippen molar-refractivity contribution < 1.29 is 14.7 Å². The number of aliphatic hydroxyl groups is 1. The molecule has 2 N–H and O–H groups in total. The molecule has 1 aromatic rings. The minimum atomic E-state index is -0.571. The van der Waals surface area contributed by atoms with E-state index in [1.165, 1.54) is 0 Å². The first-order valence-corrected chi connectivity index (χ1v) is 6.45. The second-order valence-electron chi connectivity index (χ2n) is 4.89. The molecule has 19 heavy (non-hydrogen) atoms. The number of carbonyl (C=O) groups is 2. The van der Waals surface area contributed by atoms with Crippen LogP contribution in [0.5, 0.6) is 0 Å². The Kier molecular flexibility index (Phi) is 5.70. The predicted octanol–water partition coefficient (Wildman–Crippen LogP) is 1.76. The highest BCUT2D eigenvalue weighted by Crippen LogP contribution is 2.13. The van der Waals surface area contributed by atoms with Gasteiger partial charge in [-0.1, -0.05) is 17.7 Å². The van der Waals surface area contributed by atoms with Crippen molar-refractivity contribution in [2.75, 3.05) is 6.54 Å². The van der Waals surface area contributed by atoms with Crippen molar-refractivity contribution in [1.82, 2.24) is 5.32 Å². The fourth-order valence-corrected chi connectivity index (χ4v) is 1.75. The number of hydrogen-bond acceptors (Lipinski definition) is 3. The van der Waals surface area contributed by atoms with Crippen LogP contribution in [-0.4, -0.2) is 29.4 Å². The Morgan fingerprint density at radius 1 is 1.26 bits per heavy atom. The van der Waals surface area contributed by atoms with Gasteiger partial charge >= 0.3 is 0 Å². The van der Waals surface area contributed by atoms with Gasteiger partial charge in [-0.05, 0) is 32.4 Å². The van der Waals surface area contributed by atoms with Gasteiger partial charge in [-0.15, -0.1) is 0 Å². The number of nitrogens with one attached hydrogen (secondary N) is 1. The summed E-state index contributed by atoms with van der Waals surface area (Å²) in [5.74, 6) is -0.229. The Bertz CT molecular complexity index is 466. The molecule has 0 saturated carbocycles. The molecule has 0 fully saturated rings. The molecule has 0 aliphatic rings. The Balaban J connectivity index is 2.51. The Morgan fingerprint density at radius 3 is 2.58 bits per heavy atom. The lowest BCUT2D eigenvalue weighted by atomic mass is 9.99. The highest BCUT2D eigenvalue weighted by Gasteiger charge is 2.12. The van der Waals surface area contributed by atoms with E-state index in [-0.39, 0.29) is 31.1 Å². The molecule has 1 unspecified atom stereocenters. The standard InChI is InChI=1S/C15H21NO3/c1-10-4-5-11(2)13(8-10)14(18)6-7-15(19)16-9-12(3)17/h4-5,8,12,17H,6-7,9H2,1-3H3,(H,16,19). The van der Waals surface area contributed by atoms with E-state index in [1.807, 2.05) is 32.0 Å². The molecular weight excluding hydrogens is 242 g/mol. The summed E-state index contributed by atoms with van der Waals surface area (Å²) < 4.78 is 0. The summed E-state index contributed by atoms with van der Waals surface area (Å²) in [4.78, 5) is 23.5. The van der Waals surface area contributed by atoms with Crippen LogP contribution in [0, 0.1) is 13.8 Å². The van der Waals surface area contributed by atoms with Crippen LogP contribution in [0.15, 0.2) is 18.2 Å². The minimum Gasteiger partial charge on any atom is -0.392 e. The van der Waals surface area contributed by atoms with E-state index >= 15 is 0 Å². The van der Waals surface area contributed by atoms with Crippen LogP contribution in [0.1, 0.15) is 41.3 Å². The third-order valence-electron chi connectivity index (χ3n) is 2.87. The van der Waals surface area contributed by atoms with E-state index in [0.29, 0.717) is 5.56 Å². The van der Waals surface area contributed by atoms with E-state index in [9.17, 15) is 9.59 Å². The lowest BCUT2D eigenvalue weighted by molar-refractivity contribution is -0.121. The number of amides is 1. The topological polar surface area (TPSA) is 66.4 Å². The van der Waals surface area contributed by atoms with Gasteiger partial charge < -0.3 is 10.4 Å². The summed E-state index contributed by atoms with van der Waals surface area (Å²) in [6, 6.07) is 5.73. The molecule has 1 amide bonds. The van der Waals surface area contributed by atoms with E-state index in [0.717, 1.165) is 11.1 Å². The van der Waals surface area contributed by atoms with Gasteiger partial charge in [0.2, 0.25) is 5.91 Å². The lowest BCUT2D eigenvalue weighted by Crippen LogP contribution is -2.30. The van der Waals surface area contributed by atoms with Crippen molar-refractivity contribution in [3.05, 3.63) is 34.9 Å². The predicted molar refractivity (Wildman–Crippen MR) is 74.2 cm³/mol. The number of Topliss-reactive ketones (excluding diaryl/α,β-unsaturated/α-hetero) is 1. The molecule has 0 spiro atoms. The van der Waals surface area contributed by atoms with Gasteiger partial charge in [0.25, 0.3) is 0 Å². The Labute approximate surface area is 113 Å². The average Bonchev–Trinajstić information content (AvgIpc) is 2.36. The van der Waals surface area contributed by atoms with Gasteiger partial charge in [-0.3, -0.25) is 9.59 Å². The molecular formula is C15H21NO3. The molecule has 1 atom stereocenters. The van der Waals surface area contributed by atoms with Crippen LogP contribution >= 0.6 is 0 Å². The summed E-state index contributed by atoms with van der Waals surface area (Å²) in [5, 5.41) is 11.6. The van der Waals surface area contributed by atoms with Crippen LogP contribution < -0.4 is 5.32 Å². The van der Waals surface area contributed by atoms with E-state index in [4.69, 9.17) is 5.11 Å². The van der Waals surface area contributed by atoms with Crippen LogP contribution in [-0.2, 0) is 4.79 Å². The maximum atomic E-state index is 12.0. The third-order valence-corrected chi connectivity index (χ3v) is 2.87. The maximum Gasteiger partial charge on any atom is 0.220 e. The van der Waals surface area contributed by atoms with E-state index < -0.39 is 6.10 Å². The summed E-state index contributed by atoms with van der Waals surface area (Å²) in [5.41, 5.74) is 2.65. The number of aryl methyl sites for hydroxylation is 2. The quantitative estimate of drug-likeness (QED) is 0.769. The zero-order valence-electron chi connectivity index (χ0n) is 11.7. The molecule has 0 heterocycles. The summed E-state index contributed by atoms with van der Waals surface area (Å²) in [7, 11) is 0. The summed E-state index contributed by atoms with van der Waals surface area (Å²) >= 11 is 0. The molecule has 0 bridgehead atoms. The van der Waals surface area contributed by atoms with Crippen LogP contribution in [0.25, 0.3) is 0 Å². The lowest BCUT2D eigenvalue weighted by Gasteiger charge is -2.08. The van der Waals surface area contributed by atoms with Crippen molar-refractivity contribution in [1.29, 1.82) is 0 Å². The molecule has 4 heteroatoms. The molecule has 1 aromatic carbocycles. The summed E-state index contributed by atoms with van der Waals surface area (Å²) in [6.07, 6.45) is -0.229. The molecule has 0 aromatic heterocycles. The van der Waals surface area contributed by atoms with Gasteiger partial charge in [0.15, 0.2) is 5.78 Å². The maximum absolute atomic E-state index is 12.0. The number of benzene rings is 1. The Hall–Kier alpha value is -1.68. The number of hydrogen-bond donors (Lipinski definition) is 2. The van der Waals surface area contributed by atoms with E-state index in [1.54, 1.807) is 6.92 Å². The number of ketones is 1. The first-order chi connectivity index (χ1) is 8.90. The van der Waals surface area contributed by atoms with Crippen molar-refractivity contribution >= 4 is 11.7 Å². The van der Waals surface area contributed by atoms with Gasteiger partial charge in [0.05, 0.1) is 6.10 Å². The van der Waals surface area contributed by atoms with Crippen molar-refractivity contribution in [3.63, 3.8) is 0 Å². The first-order valence-electron chi connectivity index (χ1n) is 6.45. The summed E-state index contributed by atoms with van der Waals surface area (Å²) in [6.45, 7) is 5.64. The van der Waals surface area contributed by atoms with Crippen LogP contribution in [0.2, 0.25) is 0 Å². The zero-order chi connectivity index (χ0) is 14.4. The number of aliphatic hydroxyl groups excluding tert-OH is 1. The second-order valence-corrected chi connectivity index (χ2v) is 4.89. The molecule has 1 rings (SSSR count). The first kappa shape index (κ1) is 15.4. The van der Waals surface area contributed by atoms with Crippen LogP contribution in [0.3, 0.4) is 0 Å². The van der Waals surface area contributed by atoms with Gasteiger partial charge in [-0.2, -0.15) is 0 Å². The minimum absolute atomic E-state index is 0.0200. The smallest absolute Gasteiger partial charge is 0.220 e. The Morgan fingerprint density at radius 2 is 1.95 bits per heavy atom. The molecule has 0 radical (unpaired) electrons. The highest BCUT2D eigenvalue weighted by atomic mass is 16.3. The molecule has 0 saturated heterocycles. The fraction of sp³-hybridized carbons (Fsp3) is 0.467. The van der Waals surface area contributed by atoms with E-state index in [2.05, 4.69) is 5.32 Å². The molecule has 0 aliphatic heterocycles. The average molecular weight is 263 g/mol. The molecule has 104 valence electrons. The van der Waals surface area contributed by atoms with Gasteiger partial charge in [0, 0.05) is 24.9 Å². The number of carbonyl (C=O) groups excluding carboxylic acids is 2. The molecule has 4 nitrogen and oxygen atoms in total. The zero-order valence-corrected chi connectivity index (χ0v) is 11.7. The van der Waals surface area contributed by atoms with Crippen molar-refractivity contribution in [3.8, 4) is 0 Å². The largest absolute Gasteiger partial charge is 0.392 e. The third kappa shape index (κ3) is 5.22. The fourth-order valence-electron chi connectivity index (χ4n) is 1.75. The number of rotatable bonds is 6. The normalized spacial score (nSPS) is 12.0. The van der Waals surface area contributed by atoms with Gasteiger partial charge in [0.1, 0.15) is 0 Å². The van der Waals surface area contributed by atoms with Gasteiger partial charge in [-0.25, -0.2) is 0 Å². The second kappa shape index (κ2) is 7.04. The van der Waals surface area contributed by atoms with Crippen molar-refractivity contribution in [2.24, 2.45) is 0 Å². The monoisotopic (exact) mass is 263 g/mol. The molecule has 0 aliphatic carbocycles. The van der Waals surface area contributed by atoms with Crippen LogP contribution in [0.4, 0.5) is 0 Å². The highest BCUT2D eigenvalue weighted by molar-refractivity contribution is 5.99. The SMILES string of the molecule is Cc1ccc(C)c(C(=O)CCC(=O)NCC(C)O)c1. The van der Waals surface area contributed by atoms with Crippen molar-refractivity contribution in [2.45, 2.75) is 39.7 Å².